The van der Waals surface area contributed by atoms with Crippen molar-refractivity contribution in [2.45, 2.75) is 19.3 Å². The van der Waals surface area contributed by atoms with Gasteiger partial charge in [-0.25, -0.2) is 4.98 Å². The van der Waals surface area contributed by atoms with E-state index >= 15 is 0 Å². The van der Waals surface area contributed by atoms with Gasteiger partial charge in [-0.3, -0.25) is 9.59 Å². The van der Waals surface area contributed by atoms with Gasteiger partial charge in [0.25, 0.3) is 5.91 Å². The van der Waals surface area contributed by atoms with E-state index in [-0.39, 0.29) is 12.3 Å². The van der Waals surface area contributed by atoms with Gasteiger partial charge in [-0.2, -0.15) is 0 Å². The summed E-state index contributed by atoms with van der Waals surface area (Å²) in [4.78, 5) is 32.0. The number of aliphatic carboxylic acids is 1. The van der Waals surface area contributed by atoms with Gasteiger partial charge in [-0.05, 0) is 30.5 Å². The number of thiophene rings is 1. The number of carbonyl (C=O) groups is 2. The maximum absolute atomic E-state index is 12.6. The minimum atomic E-state index is -0.929. The van der Waals surface area contributed by atoms with Gasteiger partial charge in [-0.15, -0.1) is 11.3 Å². The maximum Gasteiger partial charge on any atom is 0.307 e. The summed E-state index contributed by atoms with van der Waals surface area (Å²) in [5.74, 6) is -1.16. The van der Waals surface area contributed by atoms with Gasteiger partial charge < -0.3 is 15.3 Å². The van der Waals surface area contributed by atoms with E-state index in [1.807, 2.05) is 6.07 Å². The van der Waals surface area contributed by atoms with Crippen LogP contribution in [0.25, 0.3) is 9.53 Å². The SMILES string of the molecule is O=C(O)Cc1ccccc1NC(=O)c1cc2sc(N3CCCC3)nc2s1. The van der Waals surface area contributed by atoms with Crippen molar-refractivity contribution in [3.05, 3.63) is 40.8 Å². The van der Waals surface area contributed by atoms with Crippen molar-refractivity contribution in [3.63, 3.8) is 0 Å². The number of carboxylic acid groups (broad SMARTS) is 1. The summed E-state index contributed by atoms with van der Waals surface area (Å²) in [6.07, 6.45) is 2.28. The molecule has 3 heterocycles. The van der Waals surface area contributed by atoms with Crippen molar-refractivity contribution in [1.29, 1.82) is 0 Å². The Morgan fingerprint density at radius 1 is 1.19 bits per heavy atom. The fraction of sp³-hybridized carbons (Fsp3) is 0.278. The number of para-hydroxylation sites is 1. The first kappa shape index (κ1) is 17.0. The number of rotatable bonds is 5. The number of fused-ring (bicyclic) bond motifs is 1. The Bertz CT molecular complexity index is 942. The highest BCUT2D eigenvalue weighted by molar-refractivity contribution is 7.29. The summed E-state index contributed by atoms with van der Waals surface area (Å²) < 4.78 is 1.01. The van der Waals surface area contributed by atoms with Crippen molar-refractivity contribution in [1.82, 2.24) is 4.98 Å². The molecule has 1 fully saturated rings. The lowest BCUT2D eigenvalue weighted by Gasteiger charge is -2.12. The van der Waals surface area contributed by atoms with E-state index in [0.29, 0.717) is 16.1 Å². The Kier molecular flexibility index (Phi) is 4.60. The lowest BCUT2D eigenvalue weighted by Crippen LogP contribution is -2.16. The van der Waals surface area contributed by atoms with E-state index < -0.39 is 5.97 Å². The van der Waals surface area contributed by atoms with E-state index in [1.54, 1.807) is 35.6 Å². The van der Waals surface area contributed by atoms with Crippen LogP contribution < -0.4 is 10.2 Å². The van der Waals surface area contributed by atoms with E-state index in [4.69, 9.17) is 5.11 Å². The van der Waals surface area contributed by atoms with E-state index in [0.717, 1.165) is 27.8 Å². The van der Waals surface area contributed by atoms with Gasteiger partial charge in [0, 0.05) is 18.8 Å². The fourth-order valence-corrected chi connectivity index (χ4v) is 5.18. The number of nitrogens with one attached hydrogen (secondary N) is 1. The van der Waals surface area contributed by atoms with Gasteiger partial charge in [0.2, 0.25) is 0 Å². The zero-order valence-electron chi connectivity index (χ0n) is 13.9. The molecule has 1 amide bonds. The zero-order chi connectivity index (χ0) is 18.1. The molecule has 0 unspecified atom stereocenters. The first-order valence-corrected chi connectivity index (χ1v) is 10.00. The molecule has 8 heteroatoms. The van der Waals surface area contributed by atoms with Crippen molar-refractivity contribution in [2.24, 2.45) is 0 Å². The Morgan fingerprint density at radius 3 is 2.69 bits per heavy atom. The van der Waals surface area contributed by atoms with Gasteiger partial charge in [0.15, 0.2) is 5.13 Å². The van der Waals surface area contributed by atoms with Crippen LogP contribution in [-0.2, 0) is 11.2 Å². The predicted molar refractivity (Wildman–Crippen MR) is 105 cm³/mol. The fourth-order valence-electron chi connectivity index (χ4n) is 3.02. The van der Waals surface area contributed by atoms with Gasteiger partial charge in [0.05, 0.1) is 16.0 Å². The number of carbonyl (C=O) groups excluding carboxylic acids is 1. The molecule has 2 N–H and O–H groups in total. The van der Waals surface area contributed by atoms with Crippen LogP contribution in [0.5, 0.6) is 0 Å². The third kappa shape index (κ3) is 3.42. The lowest BCUT2D eigenvalue weighted by atomic mass is 10.1. The number of anilines is 2. The molecular weight excluding hydrogens is 370 g/mol. The summed E-state index contributed by atoms with van der Waals surface area (Å²) in [6, 6.07) is 8.83. The minimum Gasteiger partial charge on any atom is -0.481 e. The van der Waals surface area contributed by atoms with Crippen LogP contribution >= 0.6 is 22.7 Å². The van der Waals surface area contributed by atoms with Crippen molar-refractivity contribution >= 4 is 54.9 Å². The molecule has 1 aliphatic rings. The Morgan fingerprint density at radius 2 is 1.96 bits per heavy atom. The number of nitrogens with zero attached hydrogens (tertiary/aromatic N) is 2. The molecule has 4 rings (SSSR count). The van der Waals surface area contributed by atoms with E-state index in [2.05, 4.69) is 15.2 Å². The number of hydrogen-bond donors (Lipinski definition) is 2. The summed E-state index contributed by atoms with van der Waals surface area (Å²) in [6.45, 7) is 2.10. The van der Waals surface area contributed by atoms with Crippen molar-refractivity contribution in [2.75, 3.05) is 23.3 Å². The van der Waals surface area contributed by atoms with Crippen LogP contribution in [0.4, 0.5) is 10.8 Å². The summed E-state index contributed by atoms with van der Waals surface area (Å²) in [5, 5.41) is 12.9. The predicted octanol–water partition coefficient (Wildman–Crippen LogP) is 3.84. The minimum absolute atomic E-state index is 0.128. The van der Waals surface area contributed by atoms with Crippen LogP contribution in [0.2, 0.25) is 0 Å². The second kappa shape index (κ2) is 7.05. The molecular formula is C18H17N3O3S2. The molecule has 0 spiro atoms. The maximum atomic E-state index is 12.6. The summed E-state index contributed by atoms with van der Waals surface area (Å²) in [7, 11) is 0. The summed E-state index contributed by atoms with van der Waals surface area (Å²) in [5.41, 5.74) is 1.11. The smallest absolute Gasteiger partial charge is 0.307 e. The molecule has 0 atom stereocenters. The molecule has 0 radical (unpaired) electrons. The highest BCUT2D eigenvalue weighted by Crippen LogP contribution is 2.36. The molecule has 1 saturated heterocycles. The topological polar surface area (TPSA) is 82.5 Å². The molecule has 0 aliphatic carbocycles. The van der Waals surface area contributed by atoms with Crippen LogP contribution in [0.3, 0.4) is 0 Å². The first-order chi connectivity index (χ1) is 12.6. The number of thiazole rings is 1. The van der Waals surface area contributed by atoms with Crippen LogP contribution in [0, 0.1) is 0 Å². The molecule has 26 heavy (non-hydrogen) atoms. The quantitative estimate of drug-likeness (QED) is 0.695. The molecule has 0 bridgehead atoms. The highest BCUT2D eigenvalue weighted by atomic mass is 32.1. The molecule has 134 valence electrons. The third-order valence-corrected chi connectivity index (χ3v) is 6.51. The van der Waals surface area contributed by atoms with Gasteiger partial charge in [0.1, 0.15) is 4.83 Å². The van der Waals surface area contributed by atoms with Crippen LogP contribution in [-0.4, -0.2) is 35.1 Å². The zero-order valence-corrected chi connectivity index (χ0v) is 15.5. The standard InChI is InChI=1S/C18H17N3O3S2/c22-15(23)9-11-5-1-2-6-12(11)19-16(24)13-10-14-17(25-13)20-18(26-14)21-7-3-4-8-21/h1-2,5-6,10H,3-4,7-9H2,(H,19,24)(H,22,23). The normalized spacial score (nSPS) is 14.1. The average molecular weight is 387 g/mol. The van der Waals surface area contributed by atoms with Gasteiger partial charge >= 0.3 is 5.97 Å². The second-order valence-corrected chi connectivity index (χ2v) is 8.19. The molecule has 1 aliphatic heterocycles. The summed E-state index contributed by atoms with van der Waals surface area (Å²) >= 11 is 2.99. The van der Waals surface area contributed by atoms with Crippen molar-refractivity contribution in [3.8, 4) is 0 Å². The lowest BCUT2D eigenvalue weighted by molar-refractivity contribution is -0.136. The van der Waals surface area contributed by atoms with E-state index in [9.17, 15) is 9.59 Å². The van der Waals surface area contributed by atoms with Gasteiger partial charge in [-0.1, -0.05) is 29.5 Å². The van der Waals surface area contributed by atoms with E-state index in [1.165, 1.54) is 24.2 Å². The molecule has 6 nitrogen and oxygen atoms in total. The Hall–Kier alpha value is -2.45. The monoisotopic (exact) mass is 387 g/mol. The number of hydrogen-bond acceptors (Lipinski definition) is 6. The first-order valence-electron chi connectivity index (χ1n) is 8.36. The highest BCUT2D eigenvalue weighted by Gasteiger charge is 2.20. The number of benzene rings is 1. The molecule has 3 aromatic rings. The molecule has 2 aromatic heterocycles. The number of carboxylic acids is 1. The molecule has 1 aromatic carbocycles. The Labute approximate surface area is 158 Å². The molecule has 0 saturated carbocycles. The van der Waals surface area contributed by atoms with Crippen LogP contribution in [0.1, 0.15) is 28.1 Å². The Balaban J connectivity index is 1.53. The van der Waals surface area contributed by atoms with Crippen LogP contribution in [0.15, 0.2) is 30.3 Å². The number of amides is 1. The van der Waals surface area contributed by atoms with Crippen molar-refractivity contribution < 1.29 is 14.7 Å². The third-order valence-electron chi connectivity index (χ3n) is 4.29. The average Bonchev–Trinajstić information content (AvgIpc) is 3.31. The largest absolute Gasteiger partial charge is 0.481 e. The second-order valence-electron chi connectivity index (χ2n) is 6.15. The number of aromatic nitrogens is 1.